The minimum atomic E-state index is -0.820. The molecule has 1 rings (SSSR count). The summed E-state index contributed by atoms with van der Waals surface area (Å²) in [5.41, 5.74) is 4.29. The van der Waals surface area contributed by atoms with E-state index in [4.69, 9.17) is 26.8 Å². The SMILES string of the molecule is CC(C)CC(C)(COc1cnc(Cl)nc1)OC(N)=O. The number of hydrogen-bond acceptors (Lipinski definition) is 5. The number of primary amides is 1. The zero-order chi connectivity index (χ0) is 14.5. The van der Waals surface area contributed by atoms with Gasteiger partial charge in [0.1, 0.15) is 12.2 Å². The van der Waals surface area contributed by atoms with Crippen molar-refractivity contribution in [2.24, 2.45) is 11.7 Å². The number of rotatable bonds is 6. The molecule has 1 unspecified atom stereocenters. The van der Waals surface area contributed by atoms with Crippen molar-refractivity contribution in [3.63, 3.8) is 0 Å². The molecule has 2 N–H and O–H groups in total. The zero-order valence-electron chi connectivity index (χ0n) is 11.2. The van der Waals surface area contributed by atoms with Crippen LogP contribution in [0.25, 0.3) is 0 Å². The molecule has 1 amide bonds. The Balaban J connectivity index is 2.66. The van der Waals surface area contributed by atoms with Crippen LogP contribution in [-0.4, -0.2) is 28.3 Å². The third-order valence-electron chi connectivity index (χ3n) is 2.33. The normalized spacial score (nSPS) is 13.9. The third-order valence-corrected chi connectivity index (χ3v) is 2.52. The van der Waals surface area contributed by atoms with Gasteiger partial charge >= 0.3 is 6.09 Å². The lowest BCUT2D eigenvalue weighted by atomic mass is 9.95. The number of halogens is 1. The topological polar surface area (TPSA) is 87.3 Å². The Bertz CT molecular complexity index is 425. The van der Waals surface area contributed by atoms with E-state index in [0.717, 1.165) is 0 Å². The number of nitrogens with two attached hydrogens (primary N) is 1. The van der Waals surface area contributed by atoms with Crippen LogP contribution in [-0.2, 0) is 4.74 Å². The number of hydrogen-bond donors (Lipinski definition) is 1. The molecular weight excluding hydrogens is 270 g/mol. The maximum Gasteiger partial charge on any atom is 0.405 e. The number of nitrogens with zero attached hydrogens (tertiary/aromatic N) is 2. The highest BCUT2D eigenvalue weighted by Gasteiger charge is 2.30. The monoisotopic (exact) mass is 287 g/mol. The molecule has 1 heterocycles. The van der Waals surface area contributed by atoms with Crippen LogP contribution < -0.4 is 10.5 Å². The van der Waals surface area contributed by atoms with Crippen molar-refractivity contribution in [1.29, 1.82) is 0 Å². The molecule has 6 nitrogen and oxygen atoms in total. The van der Waals surface area contributed by atoms with E-state index in [2.05, 4.69) is 9.97 Å². The molecule has 0 aliphatic heterocycles. The lowest BCUT2D eigenvalue weighted by Gasteiger charge is -2.30. The van der Waals surface area contributed by atoms with Gasteiger partial charge in [0.05, 0.1) is 12.4 Å². The standard InChI is InChI=1S/C12H18ClN3O3/c1-8(2)4-12(3,19-11(14)17)7-18-9-5-15-10(13)16-6-9/h5-6,8H,4,7H2,1-3H3,(H2,14,17). The van der Waals surface area contributed by atoms with E-state index in [9.17, 15) is 4.79 Å². The van der Waals surface area contributed by atoms with Crippen molar-refractivity contribution in [3.8, 4) is 5.75 Å². The maximum absolute atomic E-state index is 11.0. The number of amides is 1. The number of carbonyl (C=O) groups excluding carboxylic acids is 1. The molecular formula is C12H18ClN3O3. The second-order valence-electron chi connectivity index (χ2n) is 4.95. The van der Waals surface area contributed by atoms with Crippen LogP contribution in [0.1, 0.15) is 27.2 Å². The van der Waals surface area contributed by atoms with E-state index in [0.29, 0.717) is 18.1 Å². The maximum atomic E-state index is 11.0. The van der Waals surface area contributed by atoms with Crippen LogP contribution >= 0.6 is 11.6 Å². The van der Waals surface area contributed by atoms with Crippen LogP contribution in [0.15, 0.2) is 12.4 Å². The number of aromatic nitrogens is 2. The summed E-state index contributed by atoms with van der Waals surface area (Å²) < 4.78 is 10.7. The molecule has 0 aromatic carbocycles. The fraction of sp³-hybridized carbons (Fsp3) is 0.583. The molecule has 0 radical (unpaired) electrons. The molecule has 0 saturated heterocycles. The van der Waals surface area contributed by atoms with E-state index in [1.165, 1.54) is 12.4 Å². The molecule has 106 valence electrons. The van der Waals surface area contributed by atoms with Gasteiger partial charge < -0.3 is 15.2 Å². The Morgan fingerprint density at radius 2 is 2.05 bits per heavy atom. The quantitative estimate of drug-likeness (QED) is 0.812. The first-order valence-electron chi connectivity index (χ1n) is 5.89. The van der Waals surface area contributed by atoms with Gasteiger partial charge in [0.15, 0.2) is 5.75 Å². The van der Waals surface area contributed by atoms with Crippen molar-refractivity contribution in [2.45, 2.75) is 32.8 Å². The summed E-state index contributed by atoms with van der Waals surface area (Å²) in [4.78, 5) is 18.6. The van der Waals surface area contributed by atoms with Crippen LogP contribution in [0.3, 0.4) is 0 Å². The average molecular weight is 288 g/mol. The highest BCUT2D eigenvalue weighted by Crippen LogP contribution is 2.22. The fourth-order valence-electron chi connectivity index (χ4n) is 1.85. The molecule has 19 heavy (non-hydrogen) atoms. The van der Waals surface area contributed by atoms with Crippen molar-refractivity contribution in [1.82, 2.24) is 9.97 Å². The Labute approximate surface area is 117 Å². The second-order valence-corrected chi connectivity index (χ2v) is 5.28. The predicted molar refractivity (Wildman–Crippen MR) is 71.1 cm³/mol. The Kier molecular flexibility index (Phi) is 5.35. The summed E-state index contributed by atoms with van der Waals surface area (Å²) in [5.74, 6) is 0.780. The zero-order valence-corrected chi connectivity index (χ0v) is 12.0. The molecule has 0 saturated carbocycles. The summed E-state index contributed by atoms with van der Waals surface area (Å²) in [5, 5.41) is 0.144. The summed E-state index contributed by atoms with van der Waals surface area (Å²) in [6.07, 6.45) is 2.72. The van der Waals surface area contributed by atoms with Crippen LogP contribution in [0.2, 0.25) is 5.28 Å². The molecule has 1 atom stereocenters. The van der Waals surface area contributed by atoms with Crippen LogP contribution in [0.4, 0.5) is 4.79 Å². The van der Waals surface area contributed by atoms with Gasteiger partial charge in [-0.3, -0.25) is 0 Å². The fourth-order valence-corrected chi connectivity index (χ4v) is 1.95. The first-order valence-corrected chi connectivity index (χ1v) is 6.27. The lowest BCUT2D eigenvalue weighted by molar-refractivity contribution is -0.0187. The Morgan fingerprint density at radius 3 is 2.53 bits per heavy atom. The van der Waals surface area contributed by atoms with Gasteiger partial charge in [0, 0.05) is 0 Å². The minimum absolute atomic E-state index is 0.144. The van der Waals surface area contributed by atoms with Gasteiger partial charge in [-0.15, -0.1) is 0 Å². The highest BCUT2D eigenvalue weighted by atomic mass is 35.5. The molecule has 0 bridgehead atoms. The van der Waals surface area contributed by atoms with Crippen molar-refractivity contribution in [3.05, 3.63) is 17.7 Å². The summed E-state index contributed by atoms with van der Waals surface area (Å²) in [6.45, 7) is 5.98. The molecule has 0 aliphatic carbocycles. The molecule has 0 spiro atoms. The molecule has 0 fully saturated rings. The van der Waals surface area contributed by atoms with E-state index in [1.54, 1.807) is 6.92 Å². The van der Waals surface area contributed by atoms with E-state index in [-0.39, 0.29) is 11.9 Å². The molecule has 1 aromatic rings. The third kappa shape index (κ3) is 5.74. The largest absolute Gasteiger partial charge is 0.486 e. The predicted octanol–water partition coefficient (Wildman–Crippen LogP) is 2.41. The summed E-state index contributed by atoms with van der Waals surface area (Å²) in [6, 6.07) is 0. The van der Waals surface area contributed by atoms with Crippen molar-refractivity contribution in [2.75, 3.05) is 6.61 Å². The highest BCUT2D eigenvalue weighted by molar-refractivity contribution is 6.28. The van der Waals surface area contributed by atoms with Gasteiger partial charge in [0.25, 0.3) is 0 Å². The first-order chi connectivity index (χ1) is 8.81. The van der Waals surface area contributed by atoms with Crippen LogP contribution in [0.5, 0.6) is 5.75 Å². The van der Waals surface area contributed by atoms with Gasteiger partial charge in [0.2, 0.25) is 5.28 Å². The Morgan fingerprint density at radius 1 is 1.47 bits per heavy atom. The van der Waals surface area contributed by atoms with Gasteiger partial charge in [-0.25, -0.2) is 14.8 Å². The number of ether oxygens (including phenoxy) is 2. The average Bonchev–Trinajstić information content (AvgIpc) is 2.26. The first kappa shape index (κ1) is 15.5. The van der Waals surface area contributed by atoms with E-state index >= 15 is 0 Å². The van der Waals surface area contributed by atoms with Crippen molar-refractivity contribution < 1.29 is 14.3 Å². The number of carbonyl (C=O) groups is 1. The lowest BCUT2D eigenvalue weighted by Crippen LogP contribution is -2.41. The van der Waals surface area contributed by atoms with E-state index < -0.39 is 11.7 Å². The van der Waals surface area contributed by atoms with Crippen molar-refractivity contribution >= 4 is 17.7 Å². The summed E-state index contributed by atoms with van der Waals surface area (Å²) in [7, 11) is 0. The van der Waals surface area contributed by atoms with Gasteiger partial charge in [-0.1, -0.05) is 13.8 Å². The smallest absolute Gasteiger partial charge is 0.405 e. The molecule has 7 heteroatoms. The molecule has 1 aromatic heterocycles. The minimum Gasteiger partial charge on any atom is -0.486 e. The summed E-state index contributed by atoms with van der Waals surface area (Å²) >= 11 is 5.58. The Hall–Kier alpha value is -1.56. The van der Waals surface area contributed by atoms with E-state index in [1.807, 2.05) is 13.8 Å². The van der Waals surface area contributed by atoms with Gasteiger partial charge in [-0.05, 0) is 30.9 Å². The molecule has 0 aliphatic rings. The second kappa shape index (κ2) is 6.56. The van der Waals surface area contributed by atoms with Gasteiger partial charge in [-0.2, -0.15) is 0 Å². The van der Waals surface area contributed by atoms with Crippen LogP contribution in [0, 0.1) is 5.92 Å².